The molecule has 0 spiro atoms. The zero-order valence-electron chi connectivity index (χ0n) is 16.2. The first-order valence-electron chi connectivity index (χ1n) is 9.63. The van der Waals surface area contributed by atoms with Crippen molar-refractivity contribution >= 4 is 11.9 Å². The van der Waals surface area contributed by atoms with Gasteiger partial charge in [-0.2, -0.15) is 0 Å². The summed E-state index contributed by atoms with van der Waals surface area (Å²) in [6.07, 6.45) is 4.20. The van der Waals surface area contributed by atoms with Crippen molar-refractivity contribution < 1.29 is 15.0 Å². The standard InChI is InChI=1S/C22H31NO3/c1-21(2)19-8-9-22(21,3)20(26)18(19)14-16-4-6-17(7-5-16)15-23(10-12-24)11-13-25/h4-7,14,19,24-25H,8-13,15H2,1-3H3/b18-14+. The molecule has 4 nitrogen and oxygen atoms in total. The molecule has 2 saturated carbocycles. The first-order valence-corrected chi connectivity index (χ1v) is 9.63. The molecule has 2 fully saturated rings. The second-order valence-electron chi connectivity index (χ2n) is 8.54. The molecule has 1 aromatic rings. The second-order valence-corrected chi connectivity index (χ2v) is 8.54. The van der Waals surface area contributed by atoms with E-state index in [1.165, 1.54) is 0 Å². The van der Waals surface area contributed by atoms with Gasteiger partial charge in [0.05, 0.1) is 13.2 Å². The van der Waals surface area contributed by atoms with Crippen LogP contribution in [0.5, 0.6) is 0 Å². The first kappa shape index (κ1) is 19.3. The summed E-state index contributed by atoms with van der Waals surface area (Å²) in [6.45, 7) is 8.59. The zero-order chi connectivity index (χ0) is 18.9. The maximum absolute atomic E-state index is 12.9. The molecule has 0 aromatic heterocycles. The van der Waals surface area contributed by atoms with Crippen molar-refractivity contribution in [1.29, 1.82) is 0 Å². The number of carbonyl (C=O) groups excluding carboxylic acids is 1. The van der Waals surface area contributed by atoms with E-state index in [-0.39, 0.29) is 24.0 Å². The maximum atomic E-state index is 12.9. The highest BCUT2D eigenvalue weighted by atomic mass is 16.3. The van der Waals surface area contributed by atoms with E-state index < -0.39 is 0 Å². The summed E-state index contributed by atoms with van der Waals surface area (Å²) in [5.74, 6) is 0.698. The number of carbonyl (C=O) groups is 1. The van der Waals surface area contributed by atoms with Gasteiger partial charge in [-0.05, 0) is 47.0 Å². The smallest absolute Gasteiger partial charge is 0.165 e. The number of aliphatic hydroxyl groups is 2. The van der Waals surface area contributed by atoms with Gasteiger partial charge in [0, 0.05) is 25.0 Å². The van der Waals surface area contributed by atoms with E-state index in [2.05, 4.69) is 51.1 Å². The van der Waals surface area contributed by atoms with Crippen molar-refractivity contribution in [2.24, 2.45) is 16.7 Å². The molecule has 0 heterocycles. The van der Waals surface area contributed by atoms with Gasteiger partial charge in [0.2, 0.25) is 0 Å². The number of allylic oxidation sites excluding steroid dienone is 1. The monoisotopic (exact) mass is 357 g/mol. The molecule has 142 valence electrons. The van der Waals surface area contributed by atoms with E-state index in [0.717, 1.165) is 29.5 Å². The van der Waals surface area contributed by atoms with Crippen molar-refractivity contribution in [1.82, 2.24) is 4.90 Å². The fourth-order valence-electron chi connectivity index (χ4n) is 4.80. The zero-order valence-corrected chi connectivity index (χ0v) is 16.2. The summed E-state index contributed by atoms with van der Waals surface area (Å²) in [7, 11) is 0. The predicted molar refractivity (Wildman–Crippen MR) is 103 cm³/mol. The summed E-state index contributed by atoms with van der Waals surface area (Å²) < 4.78 is 0. The van der Waals surface area contributed by atoms with Crippen LogP contribution in [0.2, 0.25) is 0 Å². The lowest BCUT2D eigenvalue weighted by molar-refractivity contribution is -0.125. The Bertz CT molecular complexity index is 686. The number of hydrogen-bond donors (Lipinski definition) is 2. The number of Topliss-reactive ketones (excluding diaryl/α,β-unsaturated/α-hetero) is 1. The van der Waals surface area contributed by atoms with E-state index in [4.69, 9.17) is 10.2 Å². The lowest BCUT2D eigenvalue weighted by Crippen LogP contribution is -2.32. The van der Waals surface area contributed by atoms with Crippen molar-refractivity contribution in [2.75, 3.05) is 26.3 Å². The minimum absolute atomic E-state index is 0.0466. The molecular weight excluding hydrogens is 326 g/mol. The van der Waals surface area contributed by atoms with Crippen LogP contribution in [0.25, 0.3) is 6.08 Å². The van der Waals surface area contributed by atoms with Crippen molar-refractivity contribution in [2.45, 2.75) is 40.2 Å². The molecule has 1 aromatic carbocycles. The van der Waals surface area contributed by atoms with Gasteiger partial charge in [0.15, 0.2) is 5.78 Å². The highest BCUT2D eigenvalue weighted by molar-refractivity contribution is 6.07. The highest BCUT2D eigenvalue weighted by Gasteiger charge is 2.63. The Labute approximate surface area is 156 Å². The molecule has 0 amide bonds. The third-order valence-corrected chi connectivity index (χ3v) is 6.91. The molecule has 2 atom stereocenters. The van der Waals surface area contributed by atoms with Gasteiger partial charge in [0.1, 0.15) is 0 Å². The fourth-order valence-corrected chi connectivity index (χ4v) is 4.80. The minimum atomic E-state index is -0.210. The van der Waals surface area contributed by atoms with Crippen LogP contribution in [0.3, 0.4) is 0 Å². The van der Waals surface area contributed by atoms with Gasteiger partial charge >= 0.3 is 0 Å². The molecule has 2 aliphatic carbocycles. The van der Waals surface area contributed by atoms with Crippen molar-refractivity contribution in [3.8, 4) is 0 Å². The largest absolute Gasteiger partial charge is 0.395 e. The number of benzene rings is 1. The summed E-state index contributed by atoms with van der Waals surface area (Å²) in [5, 5.41) is 18.2. The normalized spacial score (nSPS) is 28.5. The molecule has 2 N–H and O–H groups in total. The third kappa shape index (κ3) is 3.15. The molecule has 26 heavy (non-hydrogen) atoms. The van der Waals surface area contributed by atoms with E-state index >= 15 is 0 Å². The summed E-state index contributed by atoms with van der Waals surface area (Å²) >= 11 is 0. The number of ketones is 1. The van der Waals surface area contributed by atoms with Gasteiger partial charge in [0.25, 0.3) is 0 Å². The van der Waals surface area contributed by atoms with Crippen molar-refractivity contribution in [3.63, 3.8) is 0 Å². The summed E-state index contributed by atoms with van der Waals surface area (Å²) in [4.78, 5) is 15.0. The number of rotatable bonds is 7. The Hall–Kier alpha value is -1.49. The third-order valence-electron chi connectivity index (χ3n) is 6.91. The van der Waals surface area contributed by atoms with Crippen molar-refractivity contribution in [3.05, 3.63) is 41.0 Å². The lowest BCUT2D eigenvalue weighted by Gasteiger charge is -2.31. The van der Waals surface area contributed by atoms with Crippen LogP contribution in [-0.4, -0.2) is 47.2 Å². The fraction of sp³-hybridized carbons (Fsp3) is 0.591. The second kappa shape index (κ2) is 7.26. The molecule has 2 aliphatic rings. The quantitative estimate of drug-likeness (QED) is 0.737. The molecule has 0 saturated heterocycles. The number of nitrogens with zero attached hydrogens (tertiary/aromatic N) is 1. The SMILES string of the molecule is CC12CCC(/C(=C\c3ccc(CN(CCO)CCO)cc3)C1=O)C2(C)C. The topological polar surface area (TPSA) is 60.8 Å². The van der Waals surface area contributed by atoms with E-state index in [9.17, 15) is 4.79 Å². The Morgan fingerprint density at radius 1 is 1.12 bits per heavy atom. The summed E-state index contributed by atoms with van der Waals surface area (Å²) in [6, 6.07) is 8.26. The summed E-state index contributed by atoms with van der Waals surface area (Å²) in [5.41, 5.74) is 3.04. The first-order chi connectivity index (χ1) is 12.3. The molecule has 0 radical (unpaired) electrons. The lowest BCUT2D eigenvalue weighted by atomic mass is 9.70. The van der Waals surface area contributed by atoms with E-state index in [1.807, 2.05) is 4.90 Å². The van der Waals surface area contributed by atoms with E-state index in [1.54, 1.807) is 0 Å². The molecule has 0 aliphatic heterocycles. The van der Waals surface area contributed by atoms with Gasteiger partial charge in [-0.15, -0.1) is 0 Å². The van der Waals surface area contributed by atoms with Crippen LogP contribution >= 0.6 is 0 Å². The molecule has 2 unspecified atom stereocenters. The maximum Gasteiger partial charge on any atom is 0.165 e. The number of hydrogen-bond acceptors (Lipinski definition) is 4. The van der Waals surface area contributed by atoms with Crippen LogP contribution in [0.1, 0.15) is 44.7 Å². The molecule has 3 rings (SSSR count). The highest BCUT2D eigenvalue weighted by Crippen LogP contribution is 2.65. The van der Waals surface area contributed by atoms with Gasteiger partial charge in [-0.3, -0.25) is 9.69 Å². The predicted octanol–water partition coefficient (Wildman–Crippen LogP) is 2.88. The van der Waals surface area contributed by atoms with E-state index in [0.29, 0.717) is 31.3 Å². The van der Waals surface area contributed by atoms with Gasteiger partial charge in [-0.1, -0.05) is 45.0 Å². The molecule has 2 bridgehead atoms. The number of aliphatic hydroxyl groups excluding tert-OH is 2. The Morgan fingerprint density at radius 2 is 1.73 bits per heavy atom. The van der Waals surface area contributed by atoms with Crippen LogP contribution in [0.4, 0.5) is 0 Å². The van der Waals surface area contributed by atoms with Crippen LogP contribution in [0, 0.1) is 16.7 Å². The van der Waals surface area contributed by atoms with Crippen LogP contribution in [-0.2, 0) is 11.3 Å². The van der Waals surface area contributed by atoms with Crippen LogP contribution in [0.15, 0.2) is 29.8 Å². The van der Waals surface area contributed by atoms with Gasteiger partial charge in [-0.25, -0.2) is 0 Å². The van der Waals surface area contributed by atoms with Gasteiger partial charge < -0.3 is 10.2 Å². The average Bonchev–Trinajstić information content (AvgIpc) is 2.91. The Morgan fingerprint density at radius 3 is 2.23 bits per heavy atom. The Balaban J connectivity index is 1.76. The Kier molecular flexibility index (Phi) is 5.38. The number of fused-ring (bicyclic) bond motifs is 2. The minimum Gasteiger partial charge on any atom is -0.395 e. The molecular formula is C22H31NO3. The average molecular weight is 357 g/mol. The van der Waals surface area contributed by atoms with Crippen LogP contribution < -0.4 is 0 Å². The molecule has 4 heteroatoms.